The van der Waals surface area contributed by atoms with Crippen LogP contribution < -0.4 is 15.5 Å². The van der Waals surface area contributed by atoms with Gasteiger partial charge >= 0.3 is 6.03 Å². The molecule has 0 aliphatic carbocycles. The molecule has 1 aromatic heterocycles. The van der Waals surface area contributed by atoms with Gasteiger partial charge in [0, 0.05) is 37.2 Å². The van der Waals surface area contributed by atoms with Crippen LogP contribution in [-0.4, -0.2) is 35.6 Å². The van der Waals surface area contributed by atoms with Crippen molar-refractivity contribution in [3.05, 3.63) is 47.8 Å². The topological polar surface area (TPSA) is 70.2 Å². The molecule has 2 heterocycles. The number of hydrogen-bond acceptors (Lipinski definition) is 4. The Hall–Kier alpha value is -2.63. The summed E-state index contributed by atoms with van der Waals surface area (Å²) in [4.78, 5) is 23.2. The zero-order valence-corrected chi connectivity index (χ0v) is 14.8. The van der Waals surface area contributed by atoms with Crippen molar-refractivity contribution >= 4 is 17.7 Å². The number of urea groups is 1. The molecule has 1 aromatic carbocycles. The van der Waals surface area contributed by atoms with Gasteiger partial charge in [-0.05, 0) is 50.8 Å². The smallest absolute Gasteiger partial charge is 0.319 e. The van der Waals surface area contributed by atoms with Gasteiger partial charge in [-0.1, -0.05) is 17.7 Å². The molecule has 1 aliphatic heterocycles. The quantitative estimate of drug-likeness (QED) is 0.898. The maximum Gasteiger partial charge on any atom is 0.319 e. The fourth-order valence-electron chi connectivity index (χ4n) is 3.05. The van der Waals surface area contributed by atoms with E-state index in [1.54, 1.807) is 6.20 Å². The third-order valence-corrected chi connectivity index (χ3v) is 4.44. The summed E-state index contributed by atoms with van der Waals surface area (Å²) in [6.07, 6.45) is 3.99. The Morgan fingerprint density at radius 1 is 1.24 bits per heavy atom. The predicted octanol–water partition coefficient (Wildman–Crippen LogP) is 3.13. The molecule has 1 fully saturated rings. The molecule has 0 spiro atoms. The molecule has 0 bridgehead atoms. The van der Waals surface area contributed by atoms with Crippen molar-refractivity contribution in [2.24, 2.45) is 5.92 Å². The van der Waals surface area contributed by atoms with E-state index in [1.807, 2.05) is 44.2 Å². The first kappa shape index (κ1) is 17.2. The van der Waals surface area contributed by atoms with Gasteiger partial charge in [0.2, 0.25) is 5.95 Å². The zero-order valence-electron chi connectivity index (χ0n) is 14.8. The molecule has 0 radical (unpaired) electrons. The number of piperidine rings is 1. The van der Waals surface area contributed by atoms with Gasteiger partial charge in [0.05, 0.1) is 0 Å². The molecule has 25 heavy (non-hydrogen) atoms. The van der Waals surface area contributed by atoms with Gasteiger partial charge in [-0.15, -0.1) is 0 Å². The maximum atomic E-state index is 12.1. The van der Waals surface area contributed by atoms with Gasteiger partial charge in [0.15, 0.2) is 0 Å². The summed E-state index contributed by atoms with van der Waals surface area (Å²) in [5, 5.41) is 5.85. The van der Waals surface area contributed by atoms with Crippen molar-refractivity contribution in [2.75, 3.05) is 29.9 Å². The van der Waals surface area contributed by atoms with Crippen LogP contribution in [0.5, 0.6) is 0 Å². The Bertz CT molecular complexity index is 716. The molecule has 132 valence electrons. The molecule has 2 amide bonds. The van der Waals surface area contributed by atoms with E-state index >= 15 is 0 Å². The van der Waals surface area contributed by atoms with Crippen LogP contribution in [0.25, 0.3) is 0 Å². The van der Waals surface area contributed by atoms with Gasteiger partial charge in [0.1, 0.15) is 0 Å². The first-order chi connectivity index (χ1) is 12.1. The van der Waals surface area contributed by atoms with Crippen LogP contribution in [0.2, 0.25) is 0 Å². The Labute approximate surface area is 148 Å². The van der Waals surface area contributed by atoms with Crippen molar-refractivity contribution in [1.82, 2.24) is 15.3 Å². The Balaban J connectivity index is 1.49. The predicted molar refractivity (Wildman–Crippen MR) is 99.9 cm³/mol. The van der Waals surface area contributed by atoms with Crippen LogP contribution in [0, 0.1) is 19.8 Å². The van der Waals surface area contributed by atoms with Crippen molar-refractivity contribution < 1.29 is 4.79 Å². The van der Waals surface area contributed by atoms with E-state index in [0.29, 0.717) is 12.5 Å². The standard InChI is InChI=1S/C19H25N5O/c1-14-5-7-17(8-6-14)23-19(25)21-12-16-4-3-11-24(13-16)18-20-10-9-15(2)22-18/h5-10,16H,3-4,11-13H2,1-2H3,(H2,21,23,25). The molecule has 1 atom stereocenters. The molecular formula is C19H25N5O. The van der Waals surface area contributed by atoms with Gasteiger partial charge in [0.25, 0.3) is 0 Å². The number of carbonyl (C=O) groups is 1. The average Bonchev–Trinajstić information content (AvgIpc) is 2.62. The first-order valence-corrected chi connectivity index (χ1v) is 8.76. The van der Waals surface area contributed by atoms with Gasteiger partial charge in [-0.25, -0.2) is 14.8 Å². The van der Waals surface area contributed by atoms with Crippen LogP contribution in [0.15, 0.2) is 36.5 Å². The number of rotatable bonds is 4. The second kappa shape index (κ2) is 7.96. The summed E-state index contributed by atoms with van der Waals surface area (Å²) < 4.78 is 0. The molecule has 1 unspecified atom stereocenters. The summed E-state index contributed by atoms with van der Waals surface area (Å²) >= 11 is 0. The highest BCUT2D eigenvalue weighted by atomic mass is 16.2. The largest absolute Gasteiger partial charge is 0.340 e. The minimum Gasteiger partial charge on any atom is -0.340 e. The maximum absolute atomic E-state index is 12.1. The lowest BCUT2D eigenvalue weighted by Crippen LogP contribution is -2.42. The number of hydrogen-bond donors (Lipinski definition) is 2. The molecule has 0 saturated carbocycles. The third kappa shape index (κ3) is 4.92. The van der Waals surface area contributed by atoms with E-state index in [2.05, 4.69) is 25.5 Å². The SMILES string of the molecule is Cc1ccc(NC(=O)NCC2CCCN(c3nccc(C)n3)C2)cc1. The lowest BCUT2D eigenvalue weighted by atomic mass is 9.98. The van der Waals surface area contributed by atoms with Crippen molar-refractivity contribution in [2.45, 2.75) is 26.7 Å². The highest BCUT2D eigenvalue weighted by Gasteiger charge is 2.22. The van der Waals surface area contributed by atoms with Crippen LogP contribution in [0.4, 0.5) is 16.4 Å². The van der Waals surface area contributed by atoms with E-state index < -0.39 is 0 Å². The number of carbonyl (C=O) groups excluding carboxylic acids is 1. The van der Waals surface area contributed by atoms with Crippen LogP contribution >= 0.6 is 0 Å². The minimum absolute atomic E-state index is 0.159. The highest BCUT2D eigenvalue weighted by molar-refractivity contribution is 5.89. The molecule has 6 heteroatoms. The molecule has 3 rings (SSSR count). The summed E-state index contributed by atoms with van der Waals surface area (Å²) in [6.45, 7) is 6.49. The number of aromatic nitrogens is 2. The van der Waals surface area contributed by atoms with Gasteiger partial charge in [-0.2, -0.15) is 0 Å². The second-order valence-corrected chi connectivity index (χ2v) is 6.65. The van der Waals surface area contributed by atoms with E-state index in [0.717, 1.165) is 43.3 Å². The third-order valence-electron chi connectivity index (χ3n) is 4.44. The second-order valence-electron chi connectivity index (χ2n) is 6.65. The van der Waals surface area contributed by atoms with Gasteiger partial charge in [-0.3, -0.25) is 0 Å². The molecule has 1 saturated heterocycles. The highest BCUT2D eigenvalue weighted by Crippen LogP contribution is 2.20. The van der Waals surface area contributed by atoms with Crippen LogP contribution in [0.3, 0.4) is 0 Å². The molecule has 6 nitrogen and oxygen atoms in total. The summed E-state index contributed by atoms with van der Waals surface area (Å²) in [5.41, 5.74) is 2.95. The lowest BCUT2D eigenvalue weighted by Gasteiger charge is -2.32. The van der Waals surface area contributed by atoms with Crippen LogP contribution in [0.1, 0.15) is 24.1 Å². The van der Waals surface area contributed by atoms with Gasteiger partial charge < -0.3 is 15.5 Å². The molecular weight excluding hydrogens is 314 g/mol. The number of amides is 2. The zero-order chi connectivity index (χ0) is 17.6. The Kier molecular flexibility index (Phi) is 5.48. The van der Waals surface area contributed by atoms with E-state index in [9.17, 15) is 4.79 Å². The fraction of sp³-hybridized carbons (Fsp3) is 0.421. The number of anilines is 2. The number of benzene rings is 1. The minimum atomic E-state index is -0.159. The molecule has 2 aromatic rings. The Morgan fingerprint density at radius 3 is 2.80 bits per heavy atom. The summed E-state index contributed by atoms with van der Waals surface area (Å²) in [5.74, 6) is 1.19. The summed E-state index contributed by atoms with van der Waals surface area (Å²) in [7, 11) is 0. The van der Waals surface area contributed by atoms with Crippen molar-refractivity contribution in [1.29, 1.82) is 0 Å². The monoisotopic (exact) mass is 339 g/mol. The van der Waals surface area contributed by atoms with Crippen molar-refractivity contribution in [3.63, 3.8) is 0 Å². The van der Waals surface area contributed by atoms with E-state index in [4.69, 9.17) is 0 Å². The normalized spacial score (nSPS) is 17.2. The fourth-order valence-corrected chi connectivity index (χ4v) is 3.05. The van der Waals surface area contributed by atoms with Crippen LogP contribution in [-0.2, 0) is 0 Å². The van der Waals surface area contributed by atoms with E-state index in [1.165, 1.54) is 5.56 Å². The summed E-state index contributed by atoms with van der Waals surface area (Å²) in [6, 6.07) is 9.53. The molecule has 2 N–H and O–H groups in total. The van der Waals surface area contributed by atoms with E-state index in [-0.39, 0.29) is 6.03 Å². The van der Waals surface area contributed by atoms with Crippen molar-refractivity contribution in [3.8, 4) is 0 Å². The lowest BCUT2D eigenvalue weighted by molar-refractivity contribution is 0.249. The number of nitrogens with one attached hydrogen (secondary N) is 2. The Morgan fingerprint density at radius 2 is 2.04 bits per heavy atom. The number of aryl methyl sites for hydroxylation is 2. The first-order valence-electron chi connectivity index (χ1n) is 8.76. The number of nitrogens with zero attached hydrogens (tertiary/aromatic N) is 3. The molecule has 1 aliphatic rings. The average molecular weight is 339 g/mol.